The summed E-state index contributed by atoms with van der Waals surface area (Å²) in [5.74, 6) is -0.407. The first-order valence-electron chi connectivity index (χ1n) is 8.26. The molecule has 2 rings (SSSR count). The number of carbonyl (C=O) groups is 2. The fraction of sp³-hybridized carbons (Fsp3) is 0.368. The molecule has 0 unspecified atom stereocenters. The van der Waals surface area contributed by atoms with Gasteiger partial charge in [0.15, 0.2) is 5.16 Å². The first-order valence-corrected chi connectivity index (χ1v) is 9.49. The van der Waals surface area contributed by atoms with Crippen LogP contribution in [-0.4, -0.2) is 35.2 Å². The summed E-state index contributed by atoms with van der Waals surface area (Å²) in [6.45, 7) is 4.31. The van der Waals surface area contributed by atoms with Gasteiger partial charge in [-0.1, -0.05) is 23.9 Å². The highest BCUT2D eigenvalue weighted by molar-refractivity contribution is 7.98. The van der Waals surface area contributed by atoms with E-state index < -0.39 is 0 Å². The molecule has 1 heterocycles. The fourth-order valence-electron chi connectivity index (χ4n) is 2.57. The molecular formula is C19H23N3O3S. The number of hydrogen-bond donors (Lipinski definition) is 1. The maximum absolute atomic E-state index is 12.1. The van der Waals surface area contributed by atoms with Crippen LogP contribution >= 0.6 is 11.8 Å². The maximum Gasteiger partial charge on any atom is 0.337 e. The zero-order chi connectivity index (χ0) is 19.1. The Morgan fingerprint density at radius 3 is 2.27 bits per heavy atom. The molecule has 0 radical (unpaired) electrons. The minimum Gasteiger partial charge on any atom is -0.465 e. The average molecular weight is 373 g/mol. The molecule has 1 amide bonds. The van der Waals surface area contributed by atoms with Crippen molar-refractivity contribution in [3.05, 3.63) is 52.3 Å². The van der Waals surface area contributed by atoms with Crippen LogP contribution in [-0.2, 0) is 22.5 Å². The molecule has 2 aromatic rings. The lowest BCUT2D eigenvalue weighted by Crippen LogP contribution is -2.23. The summed E-state index contributed by atoms with van der Waals surface area (Å²) >= 11 is 1.51. The molecule has 0 aliphatic heterocycles. The lowest BCUT2D eigenvalue weighted by atomic mass is 10.1. The number of carbonyl (C=O) groups excluding carboxylic acids is 2. The van der Waals surface area contributed by atoms with Gasteiger partial charge < -0.3 is 10.1 Å². The second-order valence-electron chi connectivity index (χ2n) is 5.82. The Bertz CT molecular complexity index is 768. The molecule has 1 aromatic heterocycles. The first kappa shape index (κ1) is 19.9. The zero-order valence-electron chi connectivity index (χ0n) is 15.5. The van der Waals surface area contributed by atoms with Crippen LogP contribution in [0.25, 0.3) is 0 Å². The van der Waals surface area contributed by atoms with Gasteiger partial charge in [-0.05, 0) is 49.8 Å². The van der Waals surface area contributed by atoms with Crippen molar-refractivity contribution in [3.8, 4) is 0 Å². The van der Waals surface area contributed by atoms with Crippen molar-refractivity contribution in [2.24, 2.45) is 0 Å². The first-order chi connectivity index (χ1) is 12.4. The third-order valence-electron chi connectivity index (χ3n) is 4.05. The van der Waals surface area contributed by atoms with Crippen molar-refractivity contribution in [2.75, 3.05) is 13.4 Å². The molecule has 0 saturated carbocycles. The van der Waals surface area contributed by atoms with Crippen LogP contribution in [0.15, 0.2) is 29.4 Å². The van der Waals surface area contributed by atoms with Gasteiger partial charge in [0.1, 0.15) is 0 Å². The highest BCUT2D eigenvalue weighted by atomic mass is 32.2. The van der Waals surface area contributed by atoms with Gasteiger partial charge in [0.05, 0.1) is 12.7 Å². The van der Waals surface area contributed by atoms with E-state index in [1.807, 2.05) is 20.1 Å². The molecule has 0 bridgehead atoms. The van der Waals surface area contributed by atoms with Crippen LogP contribution in [0.4, 0.5) is 0 Å². The molecule has 0 atom stereocenters. The van der Waals surface area contributed by atoms with E-state index in [0.717, 1.165) is 27.7 Å². The number of esters is 1. The van der Waals surface area contributed by atoms with Crippen molar-refractivity contribution >= 4 is 23.6 Å². The van der Waals surface area contributed by atoms with E-state index in [1.165, 1.54) is 18.9 Å². The van der Waals surface area contributed by atoms with Crippen molar-refractivity contribution in [1.82, 2.24) is 15.3 Å². The smallest absolute Gasteiger partial charge is 0.337 e. The Balaban J connectivity index is 1.87. The summed E-state index contributed by atoms with van der Waals surface area (Å²) in [5, 5.41) is 3.65. The monoisotopic (exact) mass is 373 g/mol. The minimum atomic E-state index is -0.374. The topological polar surface area (TPSA) is 81.2 Å². The molecule has 0 fully saturated rings. The Kier molecular flexibility index (Phi) is 7.15. The van der Waals surface area contributed by atoms with Crippen LogP contribution in [0.3, 0.4) is 0 Å². The van der Waals surface area contributed by atoms with E-state index in [2.05, 4.69) is 20.0 Å². The molecule has 0 saturated heterocycles. The minimum absolute atomic E-state index is 0.0326. The number of nitrogens with zero attached hydrogens (tertiary/aromatic N) is 2. The molecule has 6 nitrogen and oxygen atoms in total. The third kappa shape index (κ3) is 5.29. The van der Waals surface area contributed by atoms with Gasteiger partial charge in [-0.15, -0.1) is 0 Å². The van der Waals surface area contributed by atoms with E-state index >= 15 is 0 Å². The number of rotatable bonds is 7. The normalized spacial score (nSPS) is 10.5. The number of aryl methyl sites for hydroxylation is 2. The van der Waals surface area contributed by atoms with Crippen molar-refractivity contribution in [2.45, 2.75) is 38.4 Å². The van der Waals surface area contributed by atoms with Gasteiger partial charge in [-0.2, -0.15) is 0 Å². The number of thioether (sulfide) groups is 1. The average Bonchev–Trinajstić information content (AvgIpc) is 2.65. The van der Waals surface area contributed by atoms with Crippen molar-refractivity contribution < 1.29 is 14.3 Å². The molecule has 26 heavy (non-hydrogen) atoms. The molecule has 0 aliphatic carbocycles. The van der Waals surface area contributed by atoms with Gasteiger partial charge in [0, 0.05) is 24.4 Å². The van der Waals surface area contributed by atoms with E-state index in [9.17, 15) is 9.59 Å². The van der Waals surface area contributed by atoms with Gasteiger partial charge in [-0.25, -0.2) is 14.8 Å². The van der Waals surface area contributed by atoms with Crippen LogP contribution < -0.4 is 5.32 Å². The lowest BCUT2D eigenvalue weighted by molar-refractivity contribution is -0.121. The summed E-state index contributed by atoms with van der Waals surface area (Å²) in [7, 11) is 1.35. The van der Waals surface area contributed by atoms with Crippen LogP contribution in [0.5, 0.6) is 0 Å². The van der Waals surface area contributed by atoms with Crippen LogP contribution in [0, 0.1) is 13.8 Å². The standard InChI is InChI=1S/C19H23N3O3S/c1-12-16(13(2)22-19(21-12)26-4)9-10-17(23)20-11-14-5-7-15(8-6-14)18(24)25-3/h5-8H,9-11H2,1-4H3,(H,20,23). The molecular weight excluding hydrogens is 350 g/mol. The number of ether oxygens (including phenoxy) is 1. The van der Waals surface area contributed by atoms with Gasteiger partial charge in [0.25, 0.3) is 0 Å². The zero-order valence-corrected chi connectivity index (χ0v) is 16.3. The number of methoxy groups -OCH3 is 1. The summed E-state index contributed by atoms with van der Waals surface area (Å²) in [6.07, 6.45) is 2.93. The van der Waals surface area contributed by atoms with Gasteiger partial charge in [-0.3, -0.25) is 4.79 Å². The Morgan fingerprint density at radius 2 is 1.73 bits per heavy atom. The third-order valence-corrected chi connectivity index (χ3v) is 4.60. The van der Waals surface area contributed by atoms with Crippen molar-refractivity contribution in [1.29, 1.82) is 0 Å². The van der Waals surface area contributed by atoms with Crippen molar-refractivity contribution in [3.63, 3.8) is 0 Å². The molecule has 138 valence electrons. The second kappa shape index (κ2) is 9.33. The van der Waals surface area contributed by atoms with E-state index in [-0.39, 0.29) is 11.9 Å². The predicted octanol–water partition coefficient (Wildman–Crippen LogP) is 2.85. The summed E-state index contributed by atoms with van der Waals surface area (Å²) in [6, 6.07) is 6.97. The Hall–Kier alpha value is -2.41. The largest absolute Gasteiger partial charge is 0.465 e. The van der Waals surface area contributed by atoms with Crippen LogP contribution in [0.2, 0.25) is 0 Å². The summed E-state index contributed by atoms with van der Waals surface area (Å²) in [5.41, 5.74) is 4.29. The number of benzene rings is 1. The number of nitrogens with one attached hydrogen (secondary N) is 1. The van der Waals surface area contributed by atoms with Gasteiger partial charge >= 0.3 is 5.97 Å². The molecule has 7 heteroatoms. The SMILES string of the molecule is COC(=O)c1ccc(CNC(=O)CCc2c(C)nc(SC)nc2C)cc1. The lowest BCUT2D eigenvalue weighted by Gasteiger charge is -2.10. The fourth-order valence-corrected chi connectivity index (χ4v) is 3.02. The summed E-state index contributed by atoms with van der Waals surface area (Å²) < 4.78 is 4.66. The number of aromatic nitrogens is 2. The van der Waals surface area contributed by atoms with E-state index in [0.29, 0.717) is 24.9 Å². The number of amides is 1. The Morgan fingerprint density at radius 1 is 1.12 bits per heavy atom. The summed E-state index contributed by atoms with van der Waals surface area (Å²) in [4.78, 5) is 32.4. The highest BCUT2D eigenvalue weighted by Crippen LogP contribution is 2.17. The molecule has 1 N–H and O–H groups in total. The molecule has 0 aliphatic rings. The quantitative estimate of drug-likeness (QED) is 0.457. The highest BCUT2D eigenvalue weighted by Gasteiger charge is 2.11. The van der Waals surface area contributed by atoms with Crippen LogP contribution in [0.1, 0.15) is 39.3 Å². The number of hydrogen-bond acceptors (Lipinski definition) is 6. The Labute approximate surface area is 157 Å². The second-order valence-corrected chi connectivity index (χ2v) is 6.60. The predicted molar refractivity (Wildman–Crippen MR) is 101 cm³/mol. The molecule has 1 aromatic carbocycles. The van der Waals surface area contributed by atoms with E-state index in [4.69, 9.17) is 0 Å². The van der Waals surface area contributed by atoms with E-state index in [1.54, 1.807) is 24.3 Å². The van der Waals surface area contributed by atoms with Gasteiger partial charge in [0.2, 0.25) is 5.91 Å². The maximum atomic E-state index is 12.1. The molecule has 0 spiro atoms.